The molecule has 1 aromatic heterocycles. The first-order chi connectivity index (χ1) is 17.1. The molecule has 192 valence electrons. The van der Waals surface area contributed by atoms with Crippen molar-refractivity contribution in [2.24, 2.45) is 5.92 Å². The lowest BCUT2D eigenvalue weighted by atomic mass is 9.84. The number of benzene rings is 1. The molecule has 2 aliphatic carbocycles. The van der Waals surface area contributed by atoms with Crippen molar-refractivity contribution < 1.29 is 19.4 Å². The molecule has 8 nitrogen and oxygen atoms in total. The van der Waals surface area contributed by atoms with E-state index in [2.05, 4.69) is 33.8 Å². The Kier molecular flexibility index (Phi) is 5.36. The predicted octanol–water partition coefficient (Wildman–Crippen LogP) is 5.35. The van der Waals surface area contributed by atoms with Gasteiger partial charge in [-0.25, -0.2) is 9.48 Å². The van der Waals surface area contributed by atoms with Crippen LogP contribution in [0.4, 0.5) is 16.3 Å². The maximum absolute atomic E-state index is 13.3. The number of anilines is 2. The molecule has 1 aromatic carbocycles. The van der Waals surface area contributed by atoms with Crippen molar-refractivity contribution in [2.75, 3.05) is 16.3 Å². The number of carboxylic acid groups (broad SMARTS) is 1. The predicted molar refractivity (Wildman–Crippen MR) is 138 cm³/mol. The van der Waals surface area contributed by atoms with E-state index in [1.165, 1.54) is 4.90 Å². The molecular weight excluding hydrogens is 456 g/mol. The van der Waals surface area contributed by atoms with E-state index in [1.807, 2.05) is 15.6 Å². The Hall–Kier alpha value is -3.03. The second kappa shape index (κ2) is 8.25. The number of rotatable bonds is 4. The lowest BCUT2D eigenvalue weighted by molar-refractivity contribution is -0.120. The summed E-state index contributed by atoms with van der Waals surface area (Å²) in [5.74, 6) is 1.81. The third kappa shape index (κ3) is 3.68. The summed E-state index contributed by atoms with van der Waals surface area (Å²) in [6.45, 7) is 9.40. The highest BCUT2D eigenvalue weighted by molar-refractivity contribution is 6.00. The number of fused-ring (bicyclic) bond motifs is 2. The highest BCUT2D eigenvalue weighted by atomic mass is 16.5. The summed E-state index contributed by atoms with van der Waals surface area (Å²) in [5.41, 5.74) is 4.36. The average Bonchev–Trinajstić information content (AvgIpc) is 3.44. The Morgan fingerprint density at radius 2 is 1.83 bits per heavy atom. The third-order valence-electron chi connectivity index (χ3n) is 8.18. The van der Waals surface area contributed by atoms with Gasteiger partial charge in [0.2, 0.25) is 5.91 Å². The molecule has 0 unspecified atom stereocenters. The summed E-state index contributed by atoms with van der Waals surface area (Å²) in [4.78, 5) is 28.9. The van der Waals surface area contributed by atoms with Gasteiger partial charge in [0.15, 0.2) is 0 Å². The fourth-order valence-electron chi connectivity index (χ4n) is 5.80. The number of hydrogen-bond donors (Lipinski definition) is 1. The smallest absolute Gasteiger partial charge is 0.413 e. The first-order valence-electron chi connectivity index (χ1n) is 13.4. The molecule has 0 saturated heterocycles. The second-order valence-corrected chi connectivity index (χ2v) is 11.9. The van der Waals surface area contributed by atoms with Crippen LogP contribution in [-0.4, -0.2) is 45.6 Å². The molecule has 3 heterocycles. The number of amides is 2. The number of ether oxygens (including phenoxy) is 1. The van der Waals surface area contributed by atoms with Gasteiger partial charge in [-0.3, -0.25) is 9.69 Å². The Morgan fingerprint density at radius 3 is 2.44 bits per heavy atom. The Balaban J connectivity index is 1.57. The van der Waals surface area contributed by atoms with Crippen LogP contribution in [0.25, 0.3) is 11.1 Å². The van der Waals surface area contributed by atoms with Crippen LogP contribution in [-0.2, 0) is 23.2 Å². The minimum absolute atomic E-state index is 0.143. The van der Waals surface area contributed by atoms with Gasteiger partial charge in [-0.05, 0) is 64.0 Å². The summed E-state index contributed by atoms with van der Waals surface area (Å²) in [7, 11) is 0. The van der Waals surface area contributed by atoms with Crippen molar-refractivity contribution in [2.45, 2.75) is 96.7 Å². The standard InChI is InChI=1S/C28H36N4O4/c1-16-8-11-19-21(32(16)26(33)17-9-10-17)13-12-20(23(19)36-18-6-5-7-18)22-24(28(2,3)4)29-31-15-14-30(25(22)31)27(34)35/h12-13,16-18H,5-11,14-15H2,1-4H3,(H,34,35)/t16-/m0/s1. The minimum atomic E-state index is -0.968. The molecule has 2 amide bonds. The molecule has 4 aliphatic rings. The lowest BCUT2D eigenvalue weighted by Gasteiger charge is -2.38. The van der Waals surface area contributed by atoms with Crippen molar-refractivity contribution >= 4 is 23.5 Å². The molecular formula is C28H36N4O4. The van der Waals surface area contributed by atoms with Crippen molar-refractivity contribution in [3.8, 4) is 16.9 Å². The van der Waals surface area contributed by atoms with E-state index in [0.29, 0.717) is 18.9 Å². The van der Waals surface area contributed by atoms with Gasteiger partial charge in [-0.2, -0.15) is 5.10 Å². The fourth-order valence-corrected chi connectivity index (χ4v) is 5.80. The maximum Gasteiger partial charge on any atom is 0.413 e. The molecule has 1 atom stereocenters. The highest BCUT2D eigenvalue weighted by Gasteiger charge is 2.41. The van der Waals surface area contributed by atoms with Gasteiger partial charge in [0, 0.05) is 28.5 Å². The summed E-state index contributed by atoms with van der Waals surface area (Å²) >= 11 is 0. The number of carbonyl (C=O) groups is 2. The molecule has 0 radical (unpaired) electrons. The van der Waals surface area contributed by atoms with Gasteiger partial charge >= 0.3 is 6.09 Å². The SMILES string of the molecule is C[C@H]1CCc2c(ccc(-c3c(C(C)(C)C)nn4c3N(C(=O)O)CC4)c2OC2CCC2)N1C(=O)C1CC1. The van der Waals surface area contributed by atoms with E-state index in [1.54, 1.807) is 0 Å². The van der Waals surface area contributed by atoms with Crippen LogP contribution in [0.15, 0.2) is 12.1 Å². The van der Waals surface area contributed by atoms with Crippen LogP contribution in [0.1, 0.15) is 77.5 Å². The Morgan fingerprint density at radius 1 is 1.08 bits per heavy atom. The van der Waals surface area contributed by atoms with Crippen LogP contribution >= 0.6 is 0 Å². The van der Waals surface area contributed by atoms with Crippen LogP contribution in [0, 0.1) is 5.92 Å². The molecule has 2 aromatic rings. The van der Waals surface area contributed by atoms with Gasteiger partial charge < -0.3 is 14.7 Å². The van der Waals surface area contributed by atoms with E-state index >= 15 is 0 Å². The molecule has 6 rings (SSSR count). The highest BCUT2D eigenvalue weighted by Crippen LogP contribution is 2.50. The second-order valence-electron chi connectivity index (χ2n) is 11.9. The van der Waals surface area contributed by atoms with Crippen molar-refractivity contribution in [3.05, 3.63) is 23.4 Å². The Bertz CT molecular complexity index is 1240. The van der Waals surface area contributed by atoms with Crippen LogP contribution in [0.5, 0.6) is 5.75 Å². The molecule has 2 fully saturated rings. The molecule has 0 spiro atoms. The third-order valence-corrected chi connectivity index (χ3v) is 8.18. The normalized spacial score (nSPS) is 21.7. The average molecular weight is 493 g/mol. The van der Waals surface area contributed by atoms with Crippen LogP contribution in [0.2, 0.25) is 0 Å². The van der Waals surface area contributed by atoms with Crippen molar-refractivity contribution in [3.63, 3.8) is 0 Å². The topological polar surface area (TPSA) is 87.9 Å². The van der Waals surface area contributed by atoms with E-state index in [4.69, 9.17) is 9.84 Å². The number of hydrogen-bond acceptors (Lipinski definition) is 4. The minimum Gasteiger partial charge on any atom is -0.489 e. The number of carbonyl (C=O) groups excluding carboxylic acids is 1. The molecule has 8 heteroatoms. The van der Waals surface area contributed by atoms with E-state index in [9.17, 15) is 14.7 Å². The zero-order chi connectivity index (χ0) is 25.4. The molecule has 1 N–H and O–H groups in total. The lowest BCUT2D eigenvalue weighted by Crippen LogP contribution is -2.43. The van der Waals surface area contributed by atoms with Crippen molar-refractivity contribution in [1.82, 2.24) is 9.78 Å². The molecule has 2 saturated carbocycles. The summed E-state index contributed by atoms with van der Waals surface area (Å²) in [6, 6.07) is 4.26. The number of nitrogens with zero attached hydrogens (tertiary/aromatic N) is 4. The molecule has 36 heavy (non-hydrogen) atoms. The van der Waals surface area contributed by atoms with Gasteiger partial charge in [0.25, 0.3) is 0 Å². The first kappa shape index (κ1) is 23.4. The van der Waals surface area contributed by atoms with Gasteiger partial charge in [0.1, 0.15) is 11.6 Å². The monoisotopic (exact) mass is 492 g/mol. The Labute approximate surface area is 212 Å². The van der Waals surface area contributed by atoms with Gasteiger partial charge in [0.05, 0.1) is 36.1 Å². The summed E-state index contributed by atoms with van der Waals surface area (Å²) < 4.78 is 8.56. The van der Waals surface area contributed by atoms with Gasteiger partial charge in [-0.15, -0.1) is 0 Å². The van der Waals surface area contributed by atoms with E-state index < -0.39 is 6.09 Å². The van der Waals surface area contributed by atoms with E-state index in [-0.39, 0.29) is 29.4 Å². The zero-order valence-electron chi connectivity index (χ0n) is 21.7. The fraction of sp³-hybridized carbons (Fsp3) is 0.607. The van der Waals surface area contributed by atoms with Crippen LogP contribution in [0.3, 0.4) is 0 Å². The number of aromatic nitrogens is 2. The summed E-state index contributed by atoms with van der Waals surface area (Å²) in [6.07, 6.45) is 6.04. The zero-order valence-corrected chi connectivity index (χ0v) is 21.7. The van der Waals surface area contributed by atoms with Gasteiger partial charge in [-0.1, -0.05) is 20.8 Å². The molecule has 0 bridgehead atoms. The molecule has 2 aliphatic heterocycles. The van der Waals surface area contributed by atoms with Crippen LogP contribution < -0.4 is 14.5 Å². The van der Waals surface area contributed by atoms with Crippen molar-refractivity contribution in [1.29, 1.82) is 0 Å². The largest absolute Gasteiger partial charge is 0.489 e. The maximum atomic E-state index is 13.3. The van der Waals surface area contributed by atoms with E-state index in [0.717, 1.165) is 78.8 Å². The summed E-state index contributed by atoms with van der Waals surface area (Å²) in [5, 5.41) is 14.9. The first-order valence-corrected chi connectivity index (χ1v) is 13.4. The quantitative estimate of drug-likeness (QED) is 0.621.